The van der Waals surface area contributed by atoms with Crippen LogP contribution in [-0.2, 0) is 9.47 Å². The molecule has 0 rings (SSSR count). The average Bonchev–Trinajstić information content (AvgIpc) is 2.17. The fraction of sp³-hybridized carbons (Fsp3) is 0.667. The highest BCUT2D eigenvalue weighted by atomic mass is 16.7. The molecule has 0 amide bonds. The van der Waals surface area contributed by atoms with Crippen molar-refractivity contribution in [2.24, 2.45) is 0 Å². The molecule has 0 aliphatic carbocycles. The molecule has 0 aliphatic rings. The largest absolute Gasteiger partial charge is 0.473 e. The van der Waals surface area contributed by atoms with Crippen LogP contribution in [0.5, 0.6) is 0 Å². The summed E-state index contributed by atoms with van der Waals surface area (Å²) in [4.78, 5) is 0. The average molecular weight is 198 g/mol. The highest BCUT2D eigenvalue weighted by Gasteiger charge is 1.94. The lowest BCUT2D eigenvalue weighted by Gasteiger charge is -2.09. The van der Waals surface area contributed by atoms with Crippen molar-refractivity contribution < 1.29 is 9.47 Å². The van der Waals surface area contributed by atoms with Gasteiger partial charge in [-0.05, 0) is 26.3 Å². The minimum absolute atomic E-state index is 0.153. The summed E-state index contributed by atoms with van der Waals surface area (Å²) in [6.07, 6.45) is 11.2. The second kappa shape index (κ2) is 10.3. The molecule has 0 aromatic carbocycles. The zero-order chi connectivity index (χ0) is 10.6. The molecule has 0 spiro atoms. The Kier molecular flexibility index (Phi) is 9.76. The zero-order valence-electron chi connectivity index (χ0n) is 9.53. The zero-order valence-corrected chi connectivity index (χ0v) is 9.53. The maximum atomic E-state index is 5.23. The summed E-state index contributed by atoms with van der Waals surface area (Å²) in [5, 5.41) is 0. The van der Waals surface area contributed by atoms with Crippen molar-refractivity contribution in [3.05, 3.63) is 24.5 Å². The van der Waals surface area contributed by atoms with Crippen molar-refractivity contribution in [1.29, 1.82) is 0 Å². The highest BCUT2D eigenvalue weighted by Crippen LogP contribution is 1.96. The third-order valence-electron chi connectivity index (χ3n) is 1.72. The minimum Gasteiger partial charge on any atom is -0.473 e. The molecule has 2 heteroatoms. The summed E-state index contributed by atoms with van der Waals surface area (Å²) in [5.74, 6) is 0. The molecule has 0 radical (unpaired) electrons. The van der Waals surface area contributed by atoms with Crippen LogP contribution in [0.15, 0.2) is 24.5 Å². The number of rotatable bonds is 8. The van der Waals surface area contributed by atoms with Crippen molar-refractivity contribution in [2.45, 2.75) is 46.3 Å². The predicted molar refractivity (Wildman–Crippen MR) is 60.0 cm³/mol. The molecule has 0 N–H and O–H groups in total. The van der Waals surface area contributed by atoms with Crippen molar-refractivity contribution in [3.8, 4) is 0 Å². The normalized spacial score (nSPS) is 13.9. The Balaban J connectivity index is 3.38. The Labute approximate surface area is 87.6 Å². The highest BCUT2D eigenvalue weighted by molar-refractivity contribution is 4.99. The van der Waals surface area contributed by atoms with Gasteiger partial charge in [-0.3, -0.25) is 0 Å². The van der Waals surface area contributed by atoms with Crippen LogP contribution >= 0.6 is 0 Å². The van der Waals surface area contributed by atoms with Gasteiger partial charge in [0.25, 0.3) is 0 Å². The van der Waals surface area contributed by atoms with E-state index in [1.807, 2.05) is 26.0 Å². The molecule has 0 aromatic rings. The molecule has 1 unspecified atom stereocenters. The van der Waals surface area contributed by atoms with Gasteiger partial charge in [0.1, 0.15) is 0 Å². The number of ether oxygens (including phenoxy) is 2. The van der Waals surface area contributed by atoms with Crippen molar-refractivity contribution in [1.82, 2.24) is 0 Å². The number of hydrogen-bond donors (Lipinski definition) is 0. The molecular formula is C12H22O2. The van der Waals surface area contributed by atoms with Crippen LogP contribution < -0.4 is 0 Å². The molecule has 0 fully saturated rings. The first kappa shape index (κ1) is 13.2. The Morgan fingerprint density at radius 2 is 2.00 bits per heavy atom. The first-order chi connectivity index (χ1) is 6.81. The van der Waals surface area contributed by atoms with E-state index < -0.39 is 0 Å². The summed E-state index contributed by atoms with van der Waals surface area (Å²) >= 11 is 0. The fourth-order valence-corrected chi connectivity index (χ4v) is 0.972. The molecule has 1 atom stereocenters. The van der Waals surface area contributed by atoms with E-state index in [0.717, 1.165) is 6.42 Å². The van der Waals surface area contributed by atoms with Crippen LogP contribution in [0.25, 0.3) is 0 Å². The van der Waals surface area contributed by atoms with Crippen LogP contribution in [0, 0.1) is 0 Å². The molecule has 2 nitrogen and oxygen atoms in total. The van der Waals surface area contributed by atoms with E-state index in [1.165, 1.54) is 12.8 Å². The van der Waals surface area contributed by atoms with E-state index in [9.17, 15) is 0 Å². The van der Waals surface area contributed by atoms with Crippen LogP contribution in [-0.4, -0.2) is 12.9 Å². The first-order valence-corrected chi connectivity index (χ1v) is 5.40. The lowest BCUT2D eigenvalue weighted by Crippen LogP contribution is -2.08. The van der Waals surface area contributed by atoms with Crippen LogP contribution in [0.4, 0.5) is 0 Å². The fourth-order valence-electron chi connectivity index (χ4n) is 0.972. The SMILES string of the molecule is CCCC/C=C/C=C/OC(C)OCC. The van der Waals surface area contributed by atoms with Gasteiger partial charge in [0.05, 0.1) is 6.26 Å². The van der Waals surface area contributed by atoms with E-state index >= 15 is 0 Å². The second-order valence-electron chi connectivity index (χ2n) is 3.06. The van der Waals surface area contributed by atoms with Crippen LogP contribution in [0.2, 0.25) is 0 Å². The Morgan fingerprint density at radius 1 is 1.21 bits per heavy atom. The van der Waals surface area contributed by atoms with Gasteiger partial charge in [0, 0.05) is 6.61 Å². The second-order valence-corrected chi connectivity index (χ2v) is 3.06. The lowest BCUT2D eigenvalue weighted by molar-refractivity contribution is -0.0881. The number of allylic oxidation sites excluding steroid dienone is 3. The quantitative estimate of drug-likeness (QED) is 0.256. The first-order valence-electron chi connectivity index (χ1n) is 5.40. The van der Waals surface area contributed by atoms with E-state index in [4.69, 9.17) is 9.47 Å². The molecule has 0 aromatic heterocycles. The van der Waals surface area contributed by atoms with Gasteiger partial charge in [0.15, 0.2) is 6.29 Å². The third-order valence-corrected chi connectivity index (χ3v) is 1.72. The summed E-state index contributed by atoms with van der Waals surface area (Å²) in [5.41, 5.74) is 0. The standard InChI is InChI=1S/C12H22O2/c1-4-6-7-8-9-10-11-14-12(3)13-5-2/h8-12H,4-7H2,1-3H3/b9-8+,11-10+. The van der Waals surface area contributed by atoms with Gasteiger partial charge in [-0.15, -0.1) is 0 Å². The molecule has 0 saturated carbocycles. The van der Waals surface area contributed by atoms with Crippen LogP contribution in [0.3, 0.4) is 0 Å². The maximum absolute atomic E-state index is 5.23. The summed E-state index contributed by atoms with van der Waals surface area (Å²) in [6.45, 7) is 6.71. The molecule has 0 saturated heterocycles. The van der Waals surface area contributed by atoms with Crippen molar-refractivity contribution in [3.63, 3.8) is 0 Å². The lowest BCUT2D eigenvalue weighted by atomic mass is 10.2. The van der Waals surface area contributed by atoms with Crippen molar-refractivity contribution in [2.75, 3.05) is 6.61 Å². The summed E-state index contributed by atoms with van der Waals surface area (Å²) in [7, 11) is 0. The molecule has 0 heterocycles. The van der Waals surface area contributed by atoms with Gasteiger partial charge >= 0.3 is 0 Å². The van der Waals surface area contributed by atoms with Gasteiger partial charge in [-0.25, -0.2) is 0 Å². The number of hydrogen-bond acceptors (Lipinski definition) is 2. The molecule has 82 valence electrons. The molecule has 0 aliphatic heterocycles. The summed E-state index contributed by atoms with van der Waals surface area (Å²) in [6, 6.07) is 0. The van der Waals surface area contributed by atoms with Gasteiger partial charge in [-0.1, -0.05) is 31.9 Å². The molecule has 0 bridgehead atoms. The van der Waals surface area contributed by atoms with E-state index in [1.54, 1.807) is 6.26 Å². The summed E-state index contributed by atoms with van der Waals surface area (Å²) < 4.78 is 10.4. The molecule has 14 heavy (non-hydrogen) atoms. The Bertz CT molecular complexity index is 162. The third kappa shape index (κ3) is 9.33. The maximum Gasteiger partial charge on any atom is 0.196 e. The predicted octanol–water partition coefficient (Wildman–Crippen LogP) is 3.65. The number of unbranched alkanes of at least 4 members (excludes halogenated alkanes) is 2. The smallest absolute Gasteiger partial charge is 0.196 e. The van der Waals surface area contributed by atoms with Gasteiger partial charge in [0.2, 0.25) is 0 Å². The van der Waals surface area contributed by atoms with E-state index in [0.29, 0.717) is 6.61 Å². The topological polar surface area (TPSA) is 18.5 Å². The van der Waals surface area contributed by atoms with Gasteiger partial charge in [-0.2, -0.15) is 0 Å². The minimum atomic E-state index is -0.153. The van der Waals surface area contributed by atoms with Crippen LogP contribution in [0.1, 0.15) is 40.0 Å². The Morgan fingerprint density at radius 3 is 2.64 bits per heavy atom. The molecular weight excluding hydrogens is 176 g/mol. The monoisotopic (exact) mass is 198 g/mol. The Hall–Kier alpha value is -0.760. The van der Waals surface area contributed by atoms with E-state index in [2.05, 4.69) is 13.0 Å². The van der Waals surface area contributed by atoms with Gasteiger partial charge < -0.3 is 9.47 Å². The van der Waals surface area contributed by atoms with Crippen molar-refractivity contribution >= 4 is 0 Å². The van der Waals surface area contributed by atoms with E-state index in [-0.39, 0.29) is 6.29 Å².